The third-order valence-corrected chi connectivity index (χ3v) is 4.33. The van der Waals surface area contributed by atoms with E-state index in [1.807, 2.05) is 7.05 Å². The molecule has 0 unspecified atom stereocenters. The average Bonchev–Trinajstić information content (AvgIpc) is 2.73. The van der Waals surface area contributed by atoms with E-state index in [2.05, 4.69) is 5.10 Å². The van der Waals surface area contributed by atoms with Gasteiger partial charge in [-0.1, -0.05) is 19.3 Å². The molecule has 2 rings (SSSR count). The minimum Gasteiger partial charge on any atom is -0.341 e. The Labute approximate surface area is 124 Å². The number of likely N-dealkylation sites (N-methyl/N-ethyl adjacent to an activating group) is 1. The van der Waals surface area contributed by atoms with Crippen LogP contribution >= 0.6 is 0 Å². The van der Waals surface area contributed by atoms with Crippen molar-refractivity contribution < 1.29 is 9.72 Å². The smallest absolute Gasteiger partial charge is 0.312 e. The van der Waals surface area contributed by atoms with E-state index in [0.29, 0.717) is 17.4 Å². The summed E-state index contributed by atoms with van der Waals surface area (Å²) in [7, 11) is 1.82. The Hall–Kier alpha value is -1.92. The molecule has 0 atom stereocenters. The van der Waals surface area contributed by atoms with E-state index in [-0.39, 0.29) is 18.1 Å². The van der Waals surface area contributed by atoms with Gasteiger partial charge in [0, 0.05) is 13.1 Å². The van der Waals surface area contributed by atoms with Gasteiger partial charge < -0.3 is 4.90 Å². The third kappa shape index (κ3) is 3.22. The lowest BCUT2D eigenvalue weighted by molar-refractivity contribution is -0.386. The minimum atomic E-state index is -0.441. The van der Waals surface area contributed by atoms with Crippen molar-refractivity contribution in [2.75, 3.05) is 7.05 Å². The second-order valence-corrected chi connectivity index (χ2v) is 5.73. The van der Waals surface area contributed by atoms with E-state index >= 15 is 0 Å². The van der Waals surface area contributed by atoms with Crippen molar-refractivity contribution in [3.63, 3.8) is 0 Å². The first-order valence-corrected chi connectivity index (χ1v) is 7.36. The monoisotopic (exact) mass is 294 g/mol. The molecule has 116 valence electrons. The van der Waals surface area contributed by atoms with Crippen LogP contribution in [0.2, 0.25) is 0 Å². The highest BCUT2D eigenvalue weighted by atomic mass is 16.6. The van der Waals surface area contributed by atoms with Crippen molar-refractivity contribution in [1.29, 1.82) is 0 Å². The lowest BCUT2D eigenvalue weighted by Crippen LogP contribution is -2.40. The van der Waals surface area contributed by atoms with Crippen LogP contribution in [0.15, 0.2) is 0 Å². The van der Waals surface area contributed by atoms with Crippen LogP contribution in [0, 0.1) is 24.0 Å². The Morgan fingerprint density at radius 3 is 2.52 bits per heavy atom. The summed E-state index contributed by atoms with van der Waals surface area (Å²) < 4.78 is 1.44. The molecule has 1 aliphatic rings. The molecule has 0 saturated heterocycles. The van der Waals surface area contributed by atoms with Gasteiger partial charge in [-0.25, -0.2) is 0 Å². The second kappa shape index (κ2) is 6.24. The molecule has 1 aromatic rings. The van der Waals surface area contributed by atoms with Gasteiger partial charge in [0.2, 0.25) is 5.91 Å². The maximum atomic E-state index is 12.3. The standard InChI is InChI=1S/C14H22N4O3/c1-10-14(18(20)21)11(2)17(15-10)9-13(19)16(3)12-7-5-4-6-8-12/h12H,4-9H2,1-3H3. The topological polar surface area (TPSA) is 81.3 Å². The molecule has 0 N–H and O–H groups in total. The number of aryl methyl sites for hydroxylation is 1. The lowest BCUT2D eigenvalue weighted by atomic mass is 9.94. The van der Waals surface area contributed by atoms with Crippen LogP contribution < -0.4 is 0 Å². The Bertz CT molecular complexity index is 547. The zero-order valence-corrected chi connectivity index (χ0v) is 12.8. The largest absolute Gasteiger partial charge is 0.341 e. The van der Waals surface area contributed by atoms with Crippen molar-refractivity contribution in [3.05, 3.63) is 21.5 Å². The first-order chi connectivity index (χ1) is 9.91. The highest BCUT2D eigenvalue weighted by Crippen LogP contribution is 2.24. The number of hydrogen-bond acceptors (Lipinski definition) is 4. The molecule has 7 nitrogen and oxygen atoms in total. The van der Waals surface area contributed by atoms with E-state index in [0.717, 1.165) is 25.7 Å². The fourth-order valence-electron chi connectivity index (χ4n) is 3.02. The first-order valence-electron chi connectivity index (χ1n) is 7.36. The van der Waals surface area contributed by atoms with Gasteiger partial charge in [0.05, 0.1) is 4.92 Å². The zero-order chi connectivity index (χ0) is 15.6. The van der Waals surface area contributed by atoms with E-state index in [4.69, 9.17) is 0 Å². The Morgan fingerprint density at radius 2 is 2.00 bits per heavy atom. The number of rotatable bonds is 4. The fourth-order valence-corrected chi connectivity index (χ4v) is 3.02. The number of nitrogens with zero attached hydrogens (tertiary/aromatic N) is 4. The van der Waals surface area contributed by atoms with Gasteiger partial charge in [0.25, 0.3) is 0 Å². The van der Waals surface area contributed by atoms with Crippen molar-refractivity contribution in [1.82, 2.24) is 14.7 Å². The number of amides is 1. The van der Waals surface area contributed by atoms with E-state index < -0.39 is 4.92 Å². The molecule has 0 aromatic carbocycles. The third-order valence-electron chi connectivity index (χ3n) is 4.33. The molecular weight excluding hydrogens is 272 g/mol. The molecule has 7 heteroatoms. The maximum Gasteiger partial charge on any atom is 0.312 e. The molecule has 0 spiro atoms. The summed E-state index contributed by atoms with van der Waals surface area (Å²) in [6, 6.07) is 0.290. The van der Waals surface area contributed by atoms with Gasteiger partial charge in [-0.2, -0.15) is 5.10 Å². The van der Waals surface area contributed by atoms with Crippen LogP contribution in [0.3, 0.4) is 0 Å². The normalized spacial score (nSPS) is 16.0. The van der Waals surface area contributed by atoms with Crippen LogP contribution in [-0.4, -0.2) is 38.6 Å². The highest BCUT2D eigenvalue weighted by molar-refractivity contribution is 5.76. The molecule has 1 fully saturated rings. The van der Waals surface area contributed by atoms with Gasteiger partial charge >= 0.3 is 5.69 Å². The molecule has 1 amide bonds. The first kappa shape index (κ1) is 15.5. The summed E-state index contributed by atoms with van der Waals surface area (Å²) in [5.41, 5.74) is 0.789. The Morgan fingerprint density at radius 1 is 1.38 bits per heavy atom. The maximum absolute atomic E-state index is 12.3. The van der Waals surface area contributed by atoms with Crippen LogP contribution in [0.5, 0.6) is 0 Å². The van der Waals surface area contributed by atoms with Crippen LogP contribution in [0.25, 0.3) is 0 Å². The summed E-state index contributed by atoms with van der Waals surface area (Å²) in [6.07, 6.45) is 5.64. The van der Waals surface area contributed by atoms with Crippen molar-refractivity contribution in [3.8, 4) is 0 Å². The summed E-state index contributed by atoms with van der Waals surface area (Å²) in [5.74, 6) is -0.0394. The summed E-state index contributed by atoms with van der Waals surface area (Å²) in [4.78, 5) is 24.7. The SMILES string of the molecule is Cc1nn(CC(=O)N(C)C2CCCCC2)c(C)c1[N+](=O)[O-]. The molecule has 0 radical (unpaired) electrons. The molecule has 1 aliphatic carbocycles. The van der Waals surface area contributed by atoms with Crippen LogP contribution in [0.1, 0.15) is 43.5 Å². The number of aromatic nitrogens is 2. The van der Waals surface area contributed by atoms with Gasteiger partial charge in [-0.15, -0.1) is 0 Å². The van der Waals surface area contributed by atoms with Crippen molar-refractivity contribution in [2.24, 2.45) is 0 Å². The molecular formula is C14H22N4O3. The molecule has 0 aliphatic heterocycles. The van der Waals surface area contributed by atoms with Gasteiger partial charge in [0.1, 0.15) is 17.9 Å². The van der Waals surface area contributed by atoms with Gasteiger partial charge in [-0.3, -0.25) is 19.6 Å². The van der Waals surface area contributed by atoms with E-state index in [9.17, 15) is 14.9 Å². The predicted molar refractivity (Wildman–Crippen MR) is 78.0 cm³/mol. The molecule has 0 bridgehead atoms. The van der Waals surface area contributed by atoms with Gasteiger partial charge in [-0.05, 0) is 26.7 Å². The van der Waals surface area contributed by atoms with E-state index in [1.54, 1.807) is 18.7 Å². The van der Waals surface area contributed by atoms with Crippen LogP contribution in [-0.2, 0) is 11.3 Å². The fraction of sp³-hybridized carbons (Fsp3) is 0.714. The van der Waals surface area contributed by atoms with Crippen molar-refractivity contribution >= 4 is 11.6 Å². The zero-order valence-electron chi connectivity index (χ0n) is 12.8. The number of nitro groups is 1. The number of carbonyl (C=O) groups is 1. The predicted octanol–water partition coefficient (Wildman–Crippen LogP) is 2.20. The van der Waals surface area contributed by atoms with E-state index in [1.165, 1.54) is 11.1 Å². The highest BCUT2D eigenvalue weighted by Gasteiger charge is 2.26. The average molecular weight is 294 g/mol. The number of hydrogen-bond donors (Lipinski definition) is 0. The second-order valence-electron chi connectivity index (χ2n) is 5.73. The molecule has 1 heterocycles. The summed E-state index contributed by atoms with van der Waals surface area (Å²) >= 11 is 0. The van der Waals surface area contributed by atoms with Gasteiger partial charge in [0.15, 0.2) is 0 Å². The molecule has 21 heavy (non-hydrogen) atoms. The molecule has 1 saturated carbocycles. The summed E-state index contributed by atoms with van der Waals surface area (Å²) in [6.45, 7) is 3.29. The Balaban J connectivity index is 2.09. The van der Waals surface area contributed by atoms with Crippen molar-refractivity contribution in [2.45, 2.75) is 58.5 Å². The summed E-state index contributed by atoms with van der Waals surface area (Å²) in [5, 5.41) is 15.1. The quantitative estimate of drug-likeness (QED) is 0.629. The van der Waals surface area contributed by atoms with Crippen LogP contribution in [0.4, 0.5) is 5.69 Å². The lowest BCUT2D eigenvalue weighted by Gasteiger charge is -2.31. The minimum absolute atomic E-state index is 0.00289. The molecule has 1 aromatic heterocycles. The Kier molecular flexibility index (Phi) is 4.59. The number of carbonyl (C=O) groups excluding carboxylic acids is 1.